The van der Waals surface area contributed by atoms with Gasteiger partial charge >= 0.3 is 0 Å². The molecule has 1 atom stereocenters. The second kappa shape index (κ2) is 6.00. The summed E-state index contributed by atoms with van der Waals surface area (Å²) < 4.78 is 7.29. The Hall–Kier alpha value is -2.29. The molecular weight excluding hydrogens is 274 g/mol. The van der Waals surface area contributed by atoms with E-state index in [9.17, 15) is 4.79 Å². The number of hydrogen-bond acceptors (Lipinski definition) is 6. The summed E-state index contributed by atoms with van der Waals surface area (Å²) in [5.74, 6) is 1.41. The first-order valence-corrected chi connectivity index (χ1v) is 6.83. The lowest BCUT2D eigenvalue weighted by Crippen LogP contribution is -2.42. The fourth-order valence-electron chi connectivity index (χ4n) is 2.25. The molecule has 3 rings (SSSR count). The van der Waals surface area contributed by atoms with Crippen LogP contribution in [-0.4, -0.2) is 60.4 Å². The fourth-order valence-corrected chi connectivity index (χ4v) is 2.25. The van der Waals surface area contributed by atoms with E-state index in [4.69, 9.17) is 4.74 Å². The molecule has 0 bridgehead atoms. The van der Waals surface area contributed by atoms with Gasteiger partial charge in [0.05, 0.1) is 19.7 Å². The molecule has 0 aliphatic carbocycles. The van der Waals surface area contributed by atoms with Gasteiger partial charge in [0.15, 0.2) is 5.82 Å². The average Bonchev–Trinajstić information content (AvgIpc) is 3.16. The minimum absolute atomic E-state index is 0.0751. The SMILES string of the molecule is Cc1nc(C2CN(C(=O)CCn3cncn3)CCO2)n[nH]1. The number of rotatable bonds is 4. The monoisotopic (exact) mass is 291 g/mol. The maximum Gasteiger partial charge on any atom is 0.224 e. The second-order valence-electron chi connectivity index (χ2n) is 4.89. The third kappa shape index (κ3) is 3.24. The van der Waals surface area contributed by atoms with E-state index >= 15 is 0 Å². The van der Waals surface area contributed by atoms with Crippen molar-refractivity contribution in [2.45, 2.75) is 26.0 Å². The summed E-state index contributed by atoms with van der Waals surface area (Å²) in [7, 11) is 0. The van der Waals surface area contributed by atoms with Gasteiger partial charge in [-0.05, 0) is 6.92 Å². The highest BCUT2D eigenvalue weighted by Crippen LogP contribution is 2.19. The number of ether oxygens (including phenoxy) is 1. The van der Waals surface area contributed by atoms with Crippen LogP contribution in [0.5, 0.6) is 0 Å². The predicted molar refractivity (Wildman–Crippen MR) is 71.0 cm³/mol. The van der Waals surface area contributed by atoms with Crippen LogP contribution in [0.15, 0.2) is 12.7 Å². The van der Waals surface area contributed by atoms with Crippen LogP contribution < -0.4 is 0 Å². The van der Waals surface area contributed by atoms with Crippen LogP contribution in [-0.2, 0) is 16.1 Å². The number of morpholine rings is 1. The maximum atomic E-state index is 12.2. The average molecular weight is 291 g/mol. The molecule has 9 nitrogen and oxygen atoms in total. The summed E-state index contributed by atoms with van der Waals surface area (Å²) in [5.41, 5.74) is 0. The first-order valence-electron chi connectivity index (χ1n) is 6.83. The van der Waals surface area contributed by atoms with Crippen LogP contribution in [0.25, 0.3) is 0 Å². The number of hydrogen-bond donors (Lipinski definition) is 1. The quantitative estimate of drug-likeness (QED) is 0.829. The van der Waals surface area contributed by atoms with Crippen molar-refractivity contribution in [2.75, 3.05) is 19.7 Å². The normalized spacial score (nSPS) is 18.9. The lowest BCUT2D eigenvalue weighted by molar-refractivity contribution is -0.139. The summed E-state index contributed by atoms with van der Waals surface area (Å²) >= 11 is 0. The van der Waals surface area contributed by atoms with Crippen molar-refractivity contribution >= 4 is 5.91 Å². The van der Waals surface area contributed by atoms with Crippen molar-refractivity contribution in [1.82, 2.24) is 34.8 Å². The molecule has 1 saturated heterocycles. The smallest absolute Gasteiger partial charge is 0.224 e. The summed E-state index contributed by atoms with van der Waals surface area (Å²) in [4.78, 5) is 22.1. The van der Waals surface area contributed by atoms with Gasteiger partial charge in [-0.2, -0.15) is 10.2 Å². The molecule has 1 aliphatic rings. The number of aryl methyl sites for hydroxylation is 2. The van der Waals surface area contributed by atoms with Gasteiger partial charge in [0.25, 0.3) is 0 Å². The van der Waals surface area contributed by atoms with Crippen LogP contribution in [0.2, 0.25) is 0 Å². The molecule has 1 N–H and O–H groups in total. The number of amides is 1. The molecule has 2 aromatic heterocycles. The summed E-state index contributed by atoms with van der Waals surface area (Å²) in [5, 5.41) is 10.9. The largest absolute Gasteiger partial charge is 0.366 e. The molecule has 0 aromatic carbocycles. The molecule has 0 saturated carbocycles. The topological polar surface area (TPSA) is 102 Å². The number of carbonyl (C=O) groups is 1. The van der Waals surface area contributed by atoms with Gasteiger partial charge in [-0.25, -0.2) is 9.97 Å². The highest BCUT2D eigenvalue weighted by Gasteiger charge is 2.27. The third-order valence-corrected chi connectivity index (χ3v) is 3.34. The van der Waals surface area contributed by atoms with Gasteiger partial charge < -0.3 is 9.64 Å². The van der Waals surface area contributed by atoms with Crippen LogP contribution in [0.1, 0.15) is 24.2 Å². The van der Waals surface area contributed by atoms with Crippen LogP contribution >= 0.6 is 0 Å². The minimum Gasteiger partial charge on any atom is -0.366 e. The molecule has 1 fully saturated rings. The Kier molecular flexibility index (Phi) is 3.91. The van der Waals surface area contributed by atoms with E-state index in [1.807, 2.05) is 6.92 Å². The van der Waals surface area contributed by atoms with E-state index in [1.165, 1.54) is 6.33 Å². The Bertz CT molecular complexity index is 595. The van der Waals surface area contributed by atoms with Gasteiger partial charge in [-0.15, -0.1) is 0 Å². The standard InChI is InChI=1S/C12H17N7O2/c1-9-15-12(17-16-9)10-6-18(4-5-21-10)11(20)2-3-19-8-13-7-14-19/h7-8,10H,2-6H2,1H3,(H,15,16,17). The van der Waals surface area contributed by atoms with Crippen molar-refractivity contribution in [1.29, 1.82) is 0 Å². The minimum atomic E-state index is -0.265. The lowest BCUT2D eigenvalue weighted by Gasteiger charge is -2.31. The number of nitrogens with zero attached hydrogens (tertiary/aromatic N) is 6. The van der Waals surface area contributed by atoms with E-state index < -0.39 is 0 Å². The zero-order valence-electron chi connectivity index (χ0n) is 11.8. The number of H-pyrrole nitrogens is 1. The highest BCUT2D eigenvalue weighted by molar-refractivity contribution is 5.76. The second-order valence-corrected chi connectivity index (χ2v) is 4.89. The number of carbonyl (C=O) groups excluding carboxylic acids is 1. The molecule has 1 amide bonds. The predicted octanol–water partition coefficient (Wildman–Crippen LogP) is -0.305. The molecular formula is C12H17N7O2. The third-order valence-electron chi connectivity index (χ3n) is 3.34. The van der Waals surface area contributed by atoms with Crippen LogP contribution in [0, 0.1) is 6.92 Å². The van der Waals surface area contributed by atoms with Gasteiger partial charge in [-0.3, -0.25) is 14.6 Å². The first-order chi connectivity index (χ1) is 10.2. The molecule has 1 aliphatic heterocycles. The fraction of sp³-hybridized carbons (Fsp3) is 0.583. The van der Waals surface area contributed by atoms with Crippen molar-refractivity contribution in [3.8, 4) is 0 Å². The molecule has 3 heterocycles. The maximum absolute atomic E-state index is 12.2. The number of aromatic nitrogens is 6. The van der Waals surface area contributed by atoms with Crippen molar-refractivity contribution in [3.05, 3.63) is 24.3 Å². The van der Waals surface area contributed by atoms with Crippen LogP contribution in [0.4, 0.5) is 0 Å². The first kappa shape index (κ1) is 13.7. The molecule has 0 spiro atoms. The summed E-state index contributed by atoms with van der Waals surface area (Å²) in [6.07, 6.45) is 3.19. The Morgan fingerprint density at radius 2 is 2.48 bits per heavy atom. The van der Waals surface area contributed by atoms with Crippen molar-refractivity contribution < 1.29 is 9.53 Å². The van der Waals surface area contributed by atoms with E-state index in [2.05, 4.69) is 25.3 Å². The van der Waals surface area contributed by atoms with E-state index in [-0.39, 0.29) is 12.0 Å². The van der Waals surface area contributed by atoms with Crippen molar-refractivity contribution in [3.63, 3.8) is 0 Å². The van der Waals surface area contributed by atoms with E-state index in [1.54, 1.807) is 15.9 Å². The number of nitrogens with one attached hydrogen (secondary N) is 1. The van der Waals surface area contributed by atoms with Gasteiger partial charge in [0.2, 0.25) is 5.91 Å². The molecule has 1 unspecified atom stereocenters. The summed E-state index contributed by atoms with van der Waals surface area (Å²) in [6.45, 7) is 3.93. The Labute approximate surface area is 121 Å². The van der Waals surface area contributed by atoms with Crippen molar-refractivity contribution in [2.24, 2.45) is 0 Å². The molecule has 0 radical (unpaired) electrons. The van der Waals surface area contributed by atoms with Gasteiger partial charge in [-0.1, -0.05) is 0 Å². The zero-order valence-corrected chi connectivity index (χ0v) is 11.8. The Morgan fingerprint density at radius 3 is 3.19 bits per heavy atom. The van der Waals surface area contributed by atoms with E-state index in [0.717, 1.165) is 5.82 Å². The lowest BCUT2D eigenvalue weighted by atomic mass is 10.2. The molecule has 112 valence electrons. The molecule has 2 aromatic rings. The Morgan fingerprint density at radius 1 is 1.57 bits per heavy atom. The Balaban J connectivity index is 1.56. The van der Waals surface area contributed by atoms with Gasteiger partial charge in [0, 0.05) is 13.0 Å². The highest BCUT2D eigenvalue weighted by atomic mass is 16.5. The number of aromatic amines is 1. The molecule has 9 heteroatoms. The zero-order chi connectivity index (χ0) is 14.7. The summed E-state index contributed by atoms with van der Waals surface area (Å²) in [6, 6.07) is 0. The molecule has 21 heavy (non-hydrogen) atoms. The van der Waals surface area contributed by atoms with Crippen LogP contribution in [0.3, 0.4) is 0 Å². The van der Waals surface area contributed by atoms with Gasteiger partial charge in [0.1, 0.15) is 24.6 Å². The van der Waals surface area contributed by atoms with E-state index in [0.29, 0.717) is 38.5 Å².